The lowest BCUT2D eigenvalue weighted by atomic mass is 9.98. The minimum Gasteiger partial charge on any atom is -0.310 e. The predicted molar refractivity (Wildman–Crippen MR) is 256 cm³/mol. The van der Waals surface area contributed by atoms with E-state index in [-0.39, 0.29) is 0 Å². The summed E-state index contributed by atoms with van der Waals surface area (Å²) in [4.78, 5) is 4.64. The molecule has 0 unspecified atom stereocenters. The molecule has 58 heavy (non-hydrogen) atoms. The summed E-state index contributed by atoms with van der Waals surface area (Å²) in [7, 11) is 0. The Bertz CT molecular complexity index is 2370. The number of fused-ring (bicyclic) bond motifs is 1. The Hall–Kier alpha value is -6.90. The molecule has 8 aromatic rings. The number of aryl methyl sites for hydroxylation is 2. The largest absolute Gasteiger partial charge is 0.310 e. The van der Waals surface area contributed by atoms with Gasteiger partial charge in [-0.05, 0) is 119 Å². The van der Waals surface area contributed by atoms with Crippen LogP contribution in [-0.4, -0.2) is 0 Å². The molecule has 0 saturated carbocycles. The Balaban J connectivity index is 0.00000138. The highest BCUT2D eigenvalue weighted by molar-refractivity contribution is 5.99. The second-order valence-corrected chi connectivity index (χ2v) is 13.6. The Morgan fingerprint density at radius 1 is 0.293 bits per heavy atom. The first-order valence-electron chi connectivity index (χ1n) is 20.5. The fourth-order valence-electron chi connectivity index (χ4n) is 7.11. The van der Waals surface area contributed by atoms with Crippen molar-refractivity contribution in [3.05, 3.63) is 228 Å². The van der Waals surface area contributed by atoms with Crippen LogP contribution in [0.1, 0.15) is 61.1 Å². The minimum absolute atomic E-state index is 1.13. The third kappa shape index (κ3) is 9.54. The van der Waals surface area contributed by atoms with Crippen LogP contribution in [0.3, 0.4) is 0 Å². The van der Waals surface area contributed by atoms with E-state index < -0.39 is 0 Å². The van der Waals surface area contributed by atoms with Crippen molar-refractivity contribution in [2.75, 3.05) is 9.80 Å². The number of para-hydroxylation sites is 4. The molecule has 0 aliphatic rings. The zero-order valence-electron chi connectivity index (χ0n) is 34.7. The Kier molecular flexibility index (Phi) is 14.3. The number of anilines is 6. The maximum absolute atomic E-state index is 2.32. The van der Waals surface area contributed by atoms with Gasteiger partial charge in [-0.2, -0.15) is 0 Å². The molecule has 288 valence electrons. The van der Waals surface area contributed by atoms with Gasteiger partial charge in [0.05, 0.1) is 0 Å². The van der Waals surface area contributed by atoms with Gasteiger partial charge in [0.25, 0.3) is 0 Å². The number of rotatable bonds is 10. The summed E-state index contributed by atoms with van der Waals surface area (Å²) >= 11 is 0. The molecule has 2 nitrogen and oxygen atoms in total. The first-order valence-corrected chi connectivity index (χ1v) is 20.5. The maximum Gasteiger partial charge on any atom is 0.0490 e. The van der Waals surface area contributed by atoms with Crippen molar-refractivity contribution in [1.82, 2.24) is 0 Å². The zero-order chi connectivity index (χ0) is 40.7. The van der Waals surface area contributed by atoms with E-state index in [1.807, 2.05) is 27.7 Å². The third-order valence-corrected chi connectivity index (χ3v) is 9.95. The van der Waals surface area contributed by atoms with Gasteiger partial charge in [0, 0.05) is 34.1 Å². The first kappa shape index (κ1) is 40.8. The van der Waals surface area contributed by atoms with E-state index >= 15 is 0 Å². The summed E-state index contributed by atoms with van der Waals surface area (Å²) in [6, 6.07) is 69.0. The average Bonchev–Trinajstić information content (AvgIpc) is 3.29. The van der Waals surface area contributed by atoms with Crippen LogP contribution in [0, 0.1) is 13.8 Å². The van der Waals surface area contributed by atoms with E-state index in [1.165, 1.54) is 44.4 Å². The third-order valence-electron chi connectivity index (χ3n) is 9.95. The van der Waals surface area contributed by atoms with Crippen LogP contribution in [-0.2, 0) is 0 Å². The van der Waals surface area contributed by atoms with Gasteiger partial charge >= 0.3 is 0 Å². The normalized spacial score (nSPS) is 10.8. The molecule has 0 amide bonds. The highest BCUT2D eigenvalue weighted by Crippen LogP contribution is 2.38. The maximum atomic E-state index is 2.32. The first-order chi connectivity index (χ1) is 28.6. The van der Waals surface area contributed by atoms with E-state index in [2.05, 4.69) is 242 Å². The van der Waals surface area contributed by atoms with E-state index in [4.69, 9.17) is 0 Å². The number of benzene rings is 8. The standard InChI is InChI=1S/C52H42N2.2C2H6/c1-39-15-9-13-23-51(39)53(45-17-5-3-6-18-45)47-35-27-41(28-36-47)25-31-43-33-34-44(50-22-12-11-21-49(43)50)32-26-42-29-37-48(38-30-42)54(46-19-7-4-8-20-46)52-24-14-10-16-40(52)2;2*1-2/h3-38H,1-2H3;2*1-2H3. The van der Waals surface area contributed by atoms with Crippen molar-refractivity contribution in [2.24, 2.45) is 0 Å². The molecule has 0 N–H and O–H groups in total. The van der Waals surface area contributed by atoms with Crippen LogP contribution in [0.2, 0.25) is 0 Å². The fraction of sp³-hybridized carbons (Fsp3) is 0.107. The molecule has 0 aliphatic heterocycles. The summed E-state index contributed by atoms with van der Waals surface area (Å²) in [5.41, 5.74) is 14.1. The molecule has 0 aliphatic carbocycles. The van der Waals surface area contributed by atoms with Crippen LogP contribution < -0.4 is 9.80 Å². The lowest BCUT2D eigenvalue weighted by molar-refractivity contribution is 1.25. The van der Waals surface area contributed by atoms with Gasteiger partial charge in [-0.1, -0.05) is 185 Å². The van der Waals surface area contributed by atoms with E-state index in [0.29, 0.717) is 0 Å². The van der Waals surface area contributed by atoms with Crippen molar-refractivity contribution in [2.45, 2.75) is 41.5 Å². The van der Waals surface area contributed by atoms with Gasteiger partial charge in [0.1, 0.15) is 0 Å². The van der Waals surface area contributed by atoms with Crippen LogP contribution >= 0.6 is 0 Å². The van der Waals surface area contributed by atoms with Crippen LogP contribution in [0.15, 0.2) is 194 Å². The molecule has 0 heterocycles. The molecule has 0 fully saturated rings. The molecule has 0 radical (unpaired) electrons. The van der Waals surface area contributed by atoms with Crippen molar-refractivity contribution < 1.29 is 0 Å². The molecule has 0 spiro atoms. The van der Waals surface area contributed by atoms with Crippen molar-refractivity contribution >= 4 is 69.2 Å². The molecule has 0 atom stereocenters. The Morgan fingerprint density at radius 2 is 0.603 bits per heavy atom. The van der Waals surface area contributed by atoms with Gasteiger partial charge in [0.15, 0.2) is 0 Å². The second-order valence-electron chi connectivity index (χ2n) is 13.6. The molecular weight excluding hydrogens is 701 g/mol. The van der Waals surface area contributed by atoms with Crippen molar-refractivity contribution in [3.63, 3.8) is 0 Å². The zero-order valence-corrected chi connectivity index (χ0v) is 34.7. The second kappa shape index (κ2) is 20.3. The number of hydrogen-bond donors (Lipinski definition) is 0. The van der Waals surface area contributed by atoms with E-state index in [9.17, 15) is 0 Å². The molecular formula is C56H54N2. The van der Waals surface area contributed by atoms with Crippen LogP contribution in [0.5, 0.6) is 0 Å². The molecule has 0 bridgehead atoms. The quantitative estimate of drug-likeness (QED) is 0.128. The number of nitrogens with zero attached hydrogens (tertiary/aromatic N) is 2. The van der Waals surface area contributed by atoms with Gasteiger partial charge < -0.3 is 9.80 Å². The van der Waals surface area contributed by atoms with Gasteiger partial charge in [-0.15, -0.1) is 0 Å². The highest BCUT2D eigenvalue weighted by Gasteiger charge is 2.15. The molecule has 0 aromatic heterocycles. The SMILES string of the molecule is CC.CC.Cc1ccccc1N(c1ccccc1)c1ccc(C=Cc2ccc(C=Cc3ccc(N(c4ccccc4)c4ccccc4C)cc3)c3ccccc23)cc1. The molecule has 0 saturated heterocycles. The summed E-state index contributed by atoms with van der Waals surface area (Å²) < 4.78 is 0. The van der Waals surface area contributed by atoms with Crippen LogP contribution in [0.4, 0.5) is 34.1 Å². The topological polar surface area (TPSA) is 6.48 Å². The fourth-order valence-corrected chi connectivity index (χ4v) is 7.11. The minimum atomic E-state index is 1.13. The summed E-state index contributed by atoms with van der Waals surface area (Å²) in [6.07, 6.45) is 8.87. The molecule has 8 rings (SSSR count). The molecule has 2 heteroatoms. The van der Waals surface area contributed by atoms with E-state index in [1.54, 1.807) is 0 Å². The predicted octanol–water partition coefficient (Wildman–Crippen LogP) is 16.8. The average molecular weight is 755 g/mol. The summed E-state index contributed by atoms with van der Waals surface area (Å²) in [6.45, 7) is 12.3. The highest BCUT2D eigenvalue weighted by atomic mass is 15.1. The monoisotopic (exact) mass is 754 g/mol. The van der Waals surface area contributed by atoms with Gasteiger partial charge in [-0.3, -0.25) is 0 Å². The van der Waals surface area contributed by atoms with Crippen molar-refractivity contribution in [1.29, 1.82) is 0 Å². The van der Waals surface area contributed by atoms with Gasteiger partial charge in [0.2, 0.25) is 0 Å². The lowest BCUT2D eigenvalue weighted by Gasteiger charge is -2.27. The summed E-state index contributed by atoms with van der Waals surface area (Å²) in [5, 5.41) is 2.46. The van der Waals surface area contributed by atoms with E-state index in [0.717, 1.165) is 33.9 Å². The smallest absolute Gasteiger partial charge is 0.0490 e. The summed E-state index contributed by atoms with van der Waals surface area (Å²) in [5.74, 6) is 0. The molecule has 8 aromatic carbocycles. The Morgan fingerprint density at radius 3 is 0.966 bits per heavy atom. The Labute approximate surface area is 346 Å². The number of hydrogen-bond acceptors (Lipinski definition) is 2. The van der Waals surface area contributed by atoms with Gasteiger partial charge in [-0.25, -0.2) is 0 Å². The lowest BCUT2D eigenvalue weighted by Crippen LogP contribution is -2.11. The van der Waals surface area contributed by atoms with Crippen molar-refractivity contribution in [3.8, 4) is 0 Å². The van der Waals surface area contributed by atoms with Crippen LogP contribution in [0.25, 0.3) is 35.1 Å².